The molecule has 2 spiro atoms. The van der Waals surface area contributed by atoms with Crippen molar-refractivity contribution in [2.45, 2.75) is 36.8 Å². The molecule has 4 aliphatic heterocycles. The van der Waals surface area contributed by atoms with Gasteiger partial charge >= 0.3 is 0 Å². The molecule has 7 nitrogen and oxygen atoms in total. The van der Waals surface area contributed by atoms with E-state index in [1.807, 2.05) is 37.3 Å². The number of nitrogens with one attached hydrogen (secondary N) is 2. The van der Waals surface area contributed by atoms with Crippen LogP contribution in [0.5, 0.6) is 5.75 Å². The Hall–Kier alpha value is -3.68. The van der Waals surface area contributed by atoms with Crippen molar-refractivity contribution in [2.24, 2.45) is 5.92 Å². The van der Waals surface area contributed by atoms with E-state index in [0.717, 1.165) is 6.42 Å². The predicted octanol–water partition coefficient (Wildman–Crippen LogP) is 4.75. The molecule has 0 aliphatic carbocycles. The molecule has 2 amide bonds. The van der Waals surface area contributed by atoms with Crippen LogP contribution in [0.15, 0.2) is 66.7 Å². The molecule has 0 radical (unpaired) electrons. The molecule has 7 rings (SSSR count). The third-order valence-electron chi connectivity index (χ3n) is 8.79. The number of benzene rings is 3. The standard InChI is InChI=1S/C30H26ClN3O4/c1-2-38-24-12-6-3-8-18(24)26(35)25-23-11-7-15-34(23)30(20-16-17(31)13-14-22(20)33-28(30)37)29(25)19-9-4-5-10-21(19)32-27(29)36/h3-6,8-10,12-14,16,23,25H,2,7,11,15H2,1H3,(H,32,36)(H,33,37)/t23-,25-,29-,30+/m0/s1. The number of Topliss-reactive ketones (excluding diaryl/α,β-unsaturated/α-hetero) is 1. The van der Waals surface area contributed by atoms with Gasteiger partial charge in [-0.3, -0.25) is 19.3 Å². The van der Waals surface area contributed by atoms with Crippen LogP contribution in [0.25, 0.3) is 0 Å². The molecule has 4 aliphatic rings. The minimum Gasteiger partial charge on any atom is -0.493 e. The van der Waals surface area contributed by atoms with Crippen molar-refractivity contribution in [2.75, 3.05) is 23.8 Å². The van der Waals surface area contributed by atoms with Crippen LogP contribution < -0.4 is 15.4 Å². The summed E-state index contributed by atoms with van der Waals surface area (Å²) in [6.45, 7) is 2.85. The molecule has 4 atom stereocenters. The lowest BCUT2D eigenvalue weighted by molar-refractivity contribution is -0.137. The van der Waals surface area contributed by atoms with Crippen LogP contribution in [0.3, 0.4) is 0 Å². The van der Waals surface area contributed by atoms with Crippen LogP contribution in [0, 0.1) is 5.92 Å². The Morgan fingerprint density at radius 1 is 1.00 bits per heavy atom. The number of carbonyl (C=O) groups excluding carboxylic acids is 3. The van der Waals surface area contributed by atoms with Crippen molar-refractivity contribution in [3.05, 3.63) is 88.4 Å². The third-order valence-corrected chi connectivity index (χ3v) is 9.03. The van der Waals surface area contributed by atoms with Crippen molar-refractivity contribution < 1.29 is 19.1 Å². The molecule has 38 heavy (non-hydrogen) atoms. The summed E-state index contributed by atoms with van der Waals surface area (Å²) in [6.07, 6.45) is 1.50. The van der Waals surface area contributed by atoms with Crippen molar-refractivity contribution in [3.63, 3.8) is 0 Å². The number of halogens is 1. The summed E-state index contributed by atoms with van der Waals surface area (Å²) in [6, 6.07) is 19.5. The van der Waals surface area contributed by atoms with E-state index in [4.69, 9.17) is 16.3 Å². The number of nitrogens with zero attached hydrogens (tertiary/aromatic N) is 1. The van der Waals surface area contributed by atoms with Crippen LogP contribution in [0.1, 0.15) is 41.3 Å². The molecule has 192 valence electrons. The van der Waals surface area contributed by atoms with Gasteiger partial charge in [-0.05, 0) is 68.3 Å². The highest BCUT2D eigenvalue weighted by Gasteiger charge is 2.81. The molecule has 2 N–H and O–H groups in total. The monoisotopic (exact) mass is 527 g/mol. The lowest BCUT2D eigenvalue weighted by Crippen LogP contribution is -2.62. The highest BCUT2D eigenvalue weighted by molar-refractivity contribution is 6.31. The minimum absolute atomic E-state index is 0.196. The number of para-hydroxylation sites is 2. The Morgan fingerprint density at radius 3 is 2.58 bits per heavy atom. The van der Waals surface area contributed by atoms with Gasteiger partial charge in [0.05, 0.1) is 18.1 Å². The van der Waals surface area contributed by atoms with E-state index >= 15 is 0 Å². The first-order valence-corrected chi connectivity index (χ1v) is 13.4. The number of hydrogen-bond donors (Lipinski definition) is 2. The van der Waals surface area contributed by atoms with Crippen molar-refractivity contribution in [3.8, 4) is 5.75 Å². The smallest absolute Gasteiger partial charge is 0.251 e. The van der Waals surface area contributed by atoms with Crippen molar-refractivity contribution >= 4 is 40.6 Å². The number of carbonyl (C=O) groups is 3. The predicted molar refractivity (Wildman–Crippen MR) is 144 cm³/mol. The Labute approximate surface area is 225 Å². The normalized spacial score (nSPS) is 28.8. The van der Waals surface area contributed by atoms with Crippen molar-refractivity contribution in [1.82, 2.24) is 4.90 Å². The largest absolute Gasteiger partial charge is 0.493 e. The van der Waals surface area contributed by atoms with Gasteiger partial charge in [-0.2, -0.15) is 0 Å². The number of amides is 2. The van der Waals surface area contributed by atoms with Gasteiger partial charge in [0.15, 0.2) is 5.78 Å². The summed E-state index contributed by atoms with van der Waals surface area (Å²) in [5, 5.41) is 6.57. The Morgan fingerprint density at radius 2 is 1.74 bits per heavy atom. The van der Waals surface area contributed by atoms with E-state index in [2.05, 4.69) is 15.5 Å². The average Bonchev–Trinajstić information content (AvgIpc) is 3.63. The zero-order valence-electron chi connectivity index (χ0n) is 20.8. The molecule has 3 aromatic carbocycles. The average molecular weight is 528 g/mol. The molecule has 4 heterocycles. The number of ketones is 1. The Kier molecular flexibility index (Phi) is 5.03. The van der Waals surface area contributed by atoms with E-state index < -0.39 is 16.9 Å². The number of fused-ring (bicyclic) bond motifs is 7. The van der Waals surface area contributed by atoms with Crippen LogP contribution >= 0.6 is 11.6 Å². The van der Waals surface area contributed by atoms with E-state index in [1.165, 1.54) is 0 Å². The zero-order chi connectivity index (χ0) is 26.2. The Bertz CT molecular complexity index is 1540. The fraction of sp³-hybridized carbons (Fsp3) is 0.300. The summed E-state index contributed by atoms with van der Waals surface area (Å²) in [5.41, 5.74) is 0.0137. The maximum Gasteiger partial charge on any atom is 0.251 e. The van der Waals surface area contributed by atoms with Gasteiger partial charge in [-0.15, -0.1) is 0 Å². The molecular weight excluding hydrogens is 502 g/mol. The van der Waals surface area contributed by atoms with Gasteiger partial charge in [0.2, 0.25) is 5.91 Å². The summed E-state index contributed by atoms with van der Waals surface area (Å²) in [4.78, 5) is 45.8. The highest BCUT2D eigenvalue weighted by atomic mass is 35.5. The Balaban J connectivity index is 1.58. The molecule has 2 saturated heterocycles. The lowest BCUT2D eigenvalue weighted by Gasteiger charge is -2.43. The summed E-state index contributed by atoms with van der Waals surface area (Å²) >= 11 is 6.52. The van der Waals surface area contributed by atoms with E-state index in [9.17, 15) is 14.4 Å². The fourth-order valence-corrected chi connectivity index (χ4v) is 7.84. The van der Waals surface area contributed by atoms with Gasteiger partial charge in [-0.25, -0.2) is 0 Å². The third kappa shape index (κ3) is 2.65. The molecule has 2 fully saturated rings. The number of hydrogen-bond acceptors (Lipinski definition) is 5. The van der Waals surface area contributed by atoms with Gasteiger partial charge < -0.3 is 15.4 Å². The molecule has 8 heteroatoms. The van der Waals surface area contributed by atoms with Crippen molar-refractivity contribution in [1.29, 1.82) is 0 Å². The molecule has 3 aromatic rings. The van der Waals surface area contributed by atoms with Gasteiger partial charge in [-0.1, -0.05) is 41.9 Å². The van der Waals surface area contributed by atoms with E-state index in [1.54, 1.807) is 36.4 Å². The number of anilines is 2. The van der Waals surface area contributed by atoms with Gasteiger partial charge in [0.1, 0.15) is 16.7 Å². The zero-order valence-corrected chi connectivity index (χ0v) is 21.5. The maximum atomic E-state index is 14.8. The topological polar surface area (TPSA) is 87.7 Å². The highest BCUT2D eigenvalue weighted by Crippen LogP contribution is 2.68. The number of rotatable bonds is 4. The first-order valence-electron chi connectivity index (χ1n) is 13.0. The maximum absolute atomic E-state index is 14.8. The van der Waals surface area contributed by atoms with Gasteiger partial charge in [0, 0.05) is 28.0 Å². The minimum atomic E-state index is -1.51. The first-order chi connectivity index (χ1) is 18.5. The fourth-order valence-electron chi connectivity index (χ4n) is 7.67. The SMILES string of the molecule is CCOc1ccccc1C(=O)[C@@H]1[C@@H]2CCCN2[C@]2(C(=O)Nc3ccc(Cl)cc32)[C@]12C(=O)Nc1ccccc12. The van der Waals surface area contributed by atoms with E-state index in [0.29, 0.717) is 58.4 Å². The summed E-state index contributed by atoms with van der Waals surface area (Å²) < 4.78 is 5.85. The quantitative estimate of drug-likeness (QED) is 0.478. The van der Waals surface area contributed by atoms with Crippen LogP contribution in [-0.4, -0.2) is 41.7 Å². The molecule has 0 saturated carbocycles. The second kappa shape index (κ2) is 8.16. The summed E-state index contributed by atoms with van der Waals surface area (Å²) in [7, 11) is 0. The van der Waals surface area contributed by atoms with Crippen LogP contribution in [0.2, 0.25) is 5.02 Å². The number of ether oxygens (including phenoxy) is 1. The summed E-state index contributed by atoms with van der Waals surface area (Å²) in [5.74, 6) is -1.19. The second-order valence-electron chi connectivity index (χ2n) is 10.3. The lowest BCUT2D eigenvalue weighted by atomic mass is 9.57. The van der Waals surface area contributed by atoms with Crippen LogP contribution in [-0.2, 0) is 20.5 Å². The molecule has 0 aromatic heterocycles. The van der Waals surface area contributed by atoms with Crippen LogP contribution in [0.4, 0.5) is 11.4 Å². The molecule has 0 unspecified atom stereocenters. The van der Waals surface area contributed by atoms with Gasteiger partial charge in [0.25, 0.3) is 5.91 Å². The first kappa shape index (κ1) is 23.4. The second-order valence-corrected chi connectivity index (χ2v) is 10.8. The van der Waals surface area contributed by atoms with E-state index in [-0.39, 0.29) is 23.6 Å². The molecule has 0 bridgehead atoms. The molecular formula is C30H26ClN3O4.